The van der Waals surface area contributed by atoms with Gasteiger partial charge >= 0.3 is 0 Å². The lowest BCUT2D eigenvalue weighted by molar-refractivity contribution is -0.384. The van der Waals surface area contributed by atoms with Gasteiger partial charge in [-0.05, 0) is 18.2 Å². The van der Waals surface area contributed by atoms with E-state index < -0.39 is 14.9 Å². The van der Waals surface area contributed by atoms with E-state index in [1.807, 2.05) is 11.0 Å². The van der Waals surface area contributed by atoms with E-state index >= 15 is 0 Å². The van der Waals surface area contributed by atoms with Gasteiger partial charge in [0.15, 0.2) is 5.69 Å². The first-order chi connectivity index (χ1) is 14.5. The SMILES string of the molecule is O=[N+]([O-])c1ccc(N2CCN(S(=O)(=O)c3ccccc3)CC2)nc1-c1ccccc1. The molecule has 1 fully saturated rings. The van der Waals surface area contributed by atoms with Gasteiger partial charge in [-0.3, -0.25) is 10.1 Å². The van der Waals surface area contributed by atoms with Crippen LogP contribution in [0.15, 0.2) is 77.7 Å². The molecule has 3 aromatic rings. The van der Waals surface area contributed by atoms with Crippen LogP contribution in [0.5, 0.6) is 0 Å². The molecule has 2 aromatic carbocycles. The molecule has 1 aromatic heterocycles. The van der Waals surface area contributed by atoms with Gasteiger partial charge in [0.05, 0.1) is 9.82 Å². The Labute approximate surface area is 174 Å². The molecule has 0 atom stereocenters. The zero-order chi connectivity index (χ0) is 21.1. The van der Waals surface area contributed by atoms with Gasteiger partial charge < -0.3 is 4.90 Å². The van der Waals surface area contributed by atoms with Crippen molar-refractivity contribution in [1.82, 2.24) is 9.29 Å². The third kappa shape index (κ3) is 3.89. The number of nitrogens with zero attached hydrogens (tertiary/aromatic N) is 4. The van der Waals surface area contributed by atoms with Crippen LogP contribution in [0, 0.1) is 10.1 Å². The second kappa shape index (κ2) is 8.21. The number of hydrogen-bond donors (Lipinski definition) is 0. The average Bonchev–Trinajstić information content (AvgIpc) is 2.80. The summed E-state index contributed by atoms with van der Waals surface area (Å²) in [6, 6.07) is 20.5. The monoisotopic (exact) mass is 424 g/mol. The van der Waals surface area contributed by atoms with Gasteiger partial charge in [-0.1, -0.05) is 48.5 Å². The number of nitro groups is 1. The quantitative estimate of drug-likeness (QED) is 0.461. The van der Waals surface area contributed by atoms with Crippen LogP contribution < -0.4 is 4.90 Å². The fourth-order valence-electron chi connectivity index (χ4n) is 3.47. The molecule has 2 heterocycles. The highest BCUT2D eigenvalue weighted by atomic mass is 32.2. The van der Waals surface area contributed by atoms with E-state index in [-0.39, 0.29) is 10.6 Å². The fraction of sp³-hybridized carbons (Fsp3) is 0.190. The first-order valence-electron chi connectivity index (χ1n) is 9.48. The van der Waals surface area contributed by atoms with Crippen LogP contribution in [0.2, 0.25) is 0 Å². The van der Waals surface area contributed by atoms with E-state index in [0.717, 1.165) is 0 Å². The van der Waals surface area contributed by atoms with Crippen LogP contribution in [0.25, 0.3) is 11.3 Å². The molecule has 0 N–H and O–H groups in total. The lowest BCUT2D eigenvalue weighted by Crippen LogP contribution is -2.48. The number of anilines is 1. The molecule has 8 nitrogen and oxygen atoms in total. The highest BCUT2D eigenvalue weighted by Gasteiger charge is 2.29. The van der Waals surface area contributed by atoms with Crippen molar-refractivity contribution < 1.29 is 13.3 Å². The highest BCUT2D eigenvalue weighted by molar-refractivity contribution is 7.89. The van der Waals surface area contributed by atoms with Gasteiger partial charge in [-0.25, -0.2) is 13.4 Å². The summed E-state index contributed by atoms with van der Waals surface area (Å²) in [7, 11) is -3.54. The van der Waals surface area contributed by atoms with Crippen LogP contribution in [-0.2, 0) is 10.0 Å². The molecule has 0 radical (unpaired) electrons. The van der Waals surface area contributed by atoms with Crippen LogP contribution in [0.1, 0.15) is 0 Å². The van der Waals surface area contributed by atoms with Crippen molar-refractivity contribution in [2.45, 2.75) is 4.90 Å². The average molecular weight is 424 g/mol. The number of sulfonamides is 1. The Morgan fingerprint density at radius 1 is 0.833 bits per heavy atom. The van der Waals surface area contributed by atoms with Crippen molar-refractivity contribution in [3.63, 3.8) is 0 Å². The molecule has 0 unspecified atom stereocenters. The summed E-state index contributed by atoms with van der Waals surface area (Å²) in [5.74, 6) is 0.594. The standard InChI is InChI=1S/C21H20N4O4S/c26-25(27)19-11-12-20(22-21(19)17-7-3-1-4-8-17)23-13-15-24(16-14-23)30(28,29)18-9-5-2-6-10-18/h1-12H,13-16H2. The summed E-state index contributed by atoms with van der Waals surface area (Å²) >= 11 is 0. The lowest BCUT2D eigenvalue weighted by Gasteiger charge is -2.34. The summed E-state index contributed by atoms with van der Waals surface area (Å²) in [6.45, 7) is 1.53. The van der Waals surface area contributed by atoms with Crippen molar-refractivity contribution in [3.05, 3.63) is 82.9 Å². The maximum atomic E-state index is 12.8. The van der Waals surface area contributed by atoms with Gasteiger partial charge in [-0.15, -0.1) is 0 Å². The number of piperazine rings is 1. The highest BCUT2D eigenvalue weighted by Crippen LogP contribution is 2.31. The van der Waals surface area contributed by atoms with Crippen LogP contribution in [0.3, 0.4) is 0 Å². The smallest absolute Gasteiger partial charge is 0.295 e. The summed E-state index contributed by atoms with van der Waals surface area (Å²) in [4.78, 5) is 17.8. The number of pyridine rings is 1. The number of hydrogen-bond acceptors (Lipinski definition) is 6. The minimum absolute atomic E-state index is 0.0600. The molecule has 1 aliphatic rings. The second-order valence-corrected chi connectivity index (χ2v) is 8.80. The molecular formula is C21H20N4O4S. The van der Waals surface area contributed by atoms with E-state index in [1.165, 1.54) is 10.4 Å². The summed E-state index contributed by atoms with van der Waals surface area (Å²) in [5.41, 5.74) is 0.906. The Morgan fingerprint density at radius 3 is 2.03 bits per heavy atom. The maximum absolute atomic E-state index is 12.8. The molecule has 0 saturated carbocycles. The molecule has 0 amide bonds. The molecule has 1 aliphatic heterocycles. The van der Waals surface area contributed by atoms with Gasteiger partial charge in [0, 0.05) is 37.8 Å². The lowest BCUT2D eigenvalue weighted by atomic mass is 10.1. The Hall–Kier alpha value is -3.30. The molecule has 0 aliphatic carbocycles. The van der Waals surface area contributed by atoms with E-state index in [4.69, 9.17) is 0 Å². The predicted octanol–water partition coefficient (Wildman–Crippen LogP) is 3.17. The molecule has 30 heavy (non-hydrogen) atoms. The maximum Gasteiger partial charge on any atom is 0.295 e. The Balaban J connectivity index is 1.56. The van der Waals surface area contributed by atoms with Crippen molar-refractivity contribution in [2.75, 3.05) is 31.1 Å². The van der Waals surface area contributed by atoms with Crippen LogP contribution in [-0.4, -0.2) is 48.8 Å². The van der Waals surface area contributed by atoms with Gasteiger partial charge in [0.25, 0.3) is 5.69 Å². The van der Waals surface area contributed by atoms with Crippen molar-refractivity contribution >= 4 is 21.5 Å². The number of rotatable bonds is 5. The number of benzene rings is 2. The van der Waals surface area contributed by atoms with Gasteiger partial charge in [0.1, 0.15) is 5.82 Å². The summed E-state index contributed by atoms with van der Waals surface area (Å²) < 4.78 is 27.1. The molecular weight excluding hydrogens is 404 g/mol. The molecule has 4 rings (SSSR count). The molecule has 154 valence electrons. The van der Waals surface area contributed by atoms with E-state index in [1.54, 1.807) is 60.7 Å². The third-order valence-corrected chi connectivity index (χ3v) is 6.96. The topological polar surface area (TPSA) is 96.6 Å². The third-order valence-electron chi connectivity index (χ3n) is 5.05. The second-order valence-electron chi connectivity index (χ2n) is 6.86. The van der Waals surface area contributed by atoms with Crippen LogP contribution in [0.4, 0.5) is 11.5 Å². The Morgan fingerprint density at radius 2 is 1.43 bits per heavy atom. The summed E-state index contributed by atoms with van der Waals surface area (Å²) in [6.07, 6.45) is 0. The van der Waals surface area contributed by atoms with E-state index in [9.17, 15) is 18.5 Å². The molecule has 1 saturated heterocycles. The predicted molar refractivity (Wildman–Crippen MR) is 114 cm³/mol. The fourth-order valence-corrected chi connectivity index (χ4v) is 4.92. The molecule has 9 heteroatoms. The Bertz CT molecular complexity index is 1150. The van der Waals surface area contributed by atoms with Gasteiger partial charge in [0.2, 0.25) is 10.0 Å². The minimum Gasteiger partial charge on any atom is -0.354 e. The van der Waals surface area contributed by atoms with Gasteiger partial charge in [-0.2, -0.15) is 4.31 Å². The molecule has 0 bridgehead atoms. The van der Waals surface area contributed by atoms with Crippen molar-refractivity contribution in [2.24, 2.45) is 0 Å². The van der Waals surface area contributed by atoms with E-state index in [2.05, 4.69) is 4.98 Å². The van der Waals surface area contributed by atoms with Crippen LogP contribution >= 0.6 is 0 Å². The van der Waals surface area contributed by atoms with Crippen molar-refractivity contribution in [3.8, 4) is 11.3 Å². The first-order valence-corrected chi connectivity index (χ1v) is 10.9. The zero-order valence-corrected chi connectivity index (χ0v) is 16.9. The zero-order valence-electron chi connectivity index (χ0n) is 16.1. The summed E-state index contributed by atoms with van der Waals surface area (Å²) in [5, 5.41) is 11.4. The van der Waals surface area contributed by atoms with E-state index in [0.29, 0.717) is 43.3 Å². The number of aromatic nitrogens is 1. The van der Waals surface area contributed by atoms with Crippen molar-refractivity contribution in [1.29, 1.82) is 0 Å². The molecule has 0 spiro atoms. The minimum atomic E-state index is -3.54. The largest absolute Gasteiger partial charge is 0.354 e. The first kappa shape index (κ1) is 20.0. The Kier molecular flexibility index (Phi) is 5.47. The normalized spacial score (nSPS) is 15.1.